The Balaban J connectivity index is 1.74. The maximum absolute atomic E-state index is 14.9. The molecule has 8 nitrogen and oxygen atoms in total. The summed E-state index contributed by atoms with van der Waals surface area (Å²) in [5.41, 5.74) is -1.89. The van der Waals surface area contributed by atoms with E-state index in [2.05, 4.69) is 17.3 Å². The average molecular weight is 475 g/mol. The van der Waals surface area contributed by atoms with Crippen LogP contribution in [-0.2, 0) is 16.1 Å². The maximum Gasteiger partial charge on any atom is 0.358 e. The molecule has 1 unspecified atom stereocenters. The summed E-state index contributed by atoms with van der Waals surface area (Å²) < 4.78 is 34.7. The van der Waals surface area contributed by atoms with Gasteiger partial charge in [-0.1, -0.05) is 6.92 Å². The van der Waals surface area contributed by atoms with Crippen molar-refractivity contribution in [2.75, 3.05) is 11.5 Å². The van der Waals surface area contributed by atoms with Crippen molar-refractivity contribution >= 4 is 23.5 Å². The molecule has 1 N–H and O–H groups in total. The van der Waals surface area contributed by atoms with Crippen LogP contribution in [0, 0.1) is 17.6 Å². The number of carbonyl (C=O) groups is 3. The molecule has 0 radical (unpaired) electrons. The monoisotopic (exact) mass is 474 g/mol. The van der Waals surface area contributed by atoms with Crippen molar-refractivity contribution < 1.29 is 27.9 Å². The first-order chi connectivity index (χ1) is 16.1. The Morgan fingerprint density at radius 3 is 2.56 bits per heavy atom. The number of ether oxygens (including phenoxy) is 1. The lowest BCUT2D eigenvalue weighted by molar-refractivity contribution is -0.127. The normalized spacial score (nSPS) is 24.5. The highest BCUT2D eigenvalue weighted by Gasteiger charge is 2.50. The van der Waals surface area contributed by atoms with Gasteiger partial charge in [-0.25, -0.2) is 13.6 Å². The van der Waals surface area contributed by atoms with E-state index in [9.17, 15) is 23.2 Å². The highest BCUT2D eigenvalue weighted by atomic mass is 19.1. The number of amides is 2. The average Bonchev–Trinajstić information content (AvgIpc) is 3.21. The molecule has 0 bridgehead atoms. The quantitative estimate of drug-likeness (QED) is 0.670. The Hall–Kier alpha value is -3.30. The summed E-state index contributed by atoms with van der Waals surface area (Å²) in [5, 5.41) is 7.20. The van der Waals surface area contributed by atoms with Gasteiger partial charge in [-0.3, -0.25) is 19.2 Å². The lowest BCUT2D eigenvalue weighted by atomic mass is 9.86. The molecule has 1 aromatic carbocycles. The van der Waals surface area contributed by atoms with Gasteiger partial charge in [0.15, 0.2) is 5.69 Å². The summed E-state index contributed by atoms with van der Waals surface area (Å²) in [6.07, 6.45) is 3.57. The first kappa shape index (κ1) is 23.8. The van der Waals surface area contributed by atoms with E-state index in [0.717, 1.165) is 42.7 Å². The molecule has 1 fully saturated rings. The number of benzene rings is 1. The largest absolute Gasteiger partial charge is 0.461 e. The van der Waals surface area contributed by atoms with Gasteiger partial charge in [-0.2, -0.15) is 5.10 Å². The molecule has 182 valence electrons. The number of nitrogens with zero attached hydrogens (tertiary/aromatic N) is 3. The van der Waals surface area contributed by atoms with E-state index in [1.54, 1.807) is 6.92 Å². The van der Waals surface area contributed by atoms with E-state index < -0.39 is 35.0 Å². The van der Waals surface area contributed by atoms with Gasteiger partial charge >= 0.3 is 5.97 Å². The number of anilines is 1. The zero-order valence-corrected chi connectivity index (χ0v) is 19.4. The van der Waals surface area contributed by atoms with Crippen LogP contribution in [0.3, 0.4) is 0 Å². The molecule has 2 aliphatic rings. The summed E-state index contributed by atoms with van der Waals surface area (Å²) in [6, 6.07) is 4.02. The summed E-state index contributed by atoms with van der Waals surface area (Å²) in [7, 11) is 0. The van der Waals surface area contributed by atoms with Crippen molar-refractivity contribution in [3.63, 3.8) is 0 Å². The Kier molecular flexibility index (Phi) is 6.42. The van der Waals surface area contributed by atoms with Gasteiger partial charge in [0, 0.05) is 18.2 Å². The number of hydrogen-bond donors (Lipinski definition) is 1. The molecule has 0 saturated heterocycles. The van der Waals surface area contributed by atoms with Gasteiger partial charge < -0.3 is 10.1 Å². The number of hydrogen-bond acceptors (Lipinski definition) is 5. The minimum atomic E-state index is -1.58. The summed E-state index contributed by atoms with van der Waals surface area (Å²) >= 11 is 0. The Bertz CT molecular complexity index is 1130. The van der Waals surface area contributed by atoms with Crippen molar-refractivity contribution in [3.8, 4) is 0 Å². The van der Waals surface area contributed by atoms with Crippen LogP contribution in [0.2, 0.25) is 0 Å². The van der Waals surface area contributed by atoms with Crippen molar-refractivity contribution in [3.05, 3.63) is 47.3 Å². The fourth-order valence-electron chi connectivity index (χ4n) is 4.67. The van der Waals surface area contributed by atoms with E-state index in [4.69, 9.17) is 4.74 Å². The van der Waals surface area contributed by atoms with Gasteiger partial charge in [0.05, 0.1) is 18.8 Å². The Morgan fingerprint density at radius 1 is 1.21 bits per heavy atom. The van der Waals surface area contributed by atoms with Crippen LogP contribution in [0.5, 0.6) is 0 Å². The first-order valence-corrected chi connectivity index (χ1v) is 11.5. The first-order valence-electron chi connectivity index (χ1n) is 11.5. The number of fused-ring (bicyclic) bond motifs is 1. The lowest BCUT2D eigenvalue weighted by Crippen LogP contribution is -2.65. The number of nitrogens with one attached hydrogen (secondary N) is 1. The molecule has 1 aliphatic carbocycles. The van der Waals surface area contributed by atoms with Gasteiger partial charge in [0.2, 0.25) is 5.91 Å². The number of halogens is 2. The highest BCUT2D eigenvalue weighted by molar-refractivity contribution is 6.12. The summed E-state index contributed by atoms with van der Waals surface area (Å²) in [4.78, 5) is 40.4. The third kappa shape index (κ3) is 4.28. The van der Waals surface area contributed by atoms with Crippen molar-refractivity contribution in [1.29, 1.82) is 0 Å². The molecular formula is C24H28F2N4O4. The lowest BCUT2D eigenvalue weighted by Gasteiger charge is -2.44. The van der Waals surface area contributed by atoms with E-state index >= 15 is 0 Å². The van der Waals surface area contributed by atoms with Gasteiger partial charge in [-0.05, 0) is 57.6 Å². The summed E-state index contributed by atoms with van der Waals surface area (Å²) in [6.45, 7) is 5.33. The predicted molar refractivity (Wildman–Crippen MR) is 119 cm³/mol. The molecule has 1 atom stereocenters. The maximum atomic E-state index is 14.9. The molecule has 34 heavy (non-hydrogen) atoms. The predicted octanol–water partition coefficient (Wildman–Crippen LogP) is 3.45. The number of aromatic nitrogens is 2. The second kappa shape index (κ2) is 9.15. The topological polar surface area (TPSA) is 93.5 Å². The summed E-state index contributed by atoms with van der Waals surface area (Å²) in [5.74, 6) is -3.10. The fourth-order valence-corrected chi connectivity index (χ4v) is 4.67. The van der Waals surface area contributed by atoms with Crippen LogP contribution in [-0.4, -0.2) is 45.8 Å². The van der Waals surface area contributed by atoms with Crippen LogP contribution in [0.25, 0.3) is 0 Å². The molecule has 10 heteroatoms. The van der Waals surface area contributed by atoms with Crippen LogP contribution in [0.4, 0.5) is 14.5 Å². The van der Waals surface area contributed by atoms with E-state index in [0.29, 0.717) is 12.0 Å². The molecule has 2 aromatic rings. The Labute approximate surface area is 196 Å². The number of rotatable bonds is 5. The Morgan fingerprint density at radius 2 is 1.91 bits per heavy atom. The molecule has 2 heterocycles. The highest BCUT2D eigenvalue weighted by Crippen LogP contribution is 2.35. The second-order valence-corrected chi connectivity index (χ2v) is 9.23. The van der Waals surface area contributed by atoms with Crippen LogP contribution >= 0.6 is 0 Å². The molecule has 1 saturated carbocycles. The van der Waals surface area contributed by atoms with Crippen molar-refractivity contribution in [2.45, 2.75) is 64.6 Å². The second-order valence-electron chi connectivity index (χ2n) is 9.23. The van der Waals surface area contributed by atoms with Gasteiger partial charge in [-0.15, -0.1) is 0 Å². The zero-order valence-electron chi connectivity index (χ0n) is 19.4. The van der Waals surface area contributed by atoms with E-state index in [-0.39, 0.29) is 36.3 Å². The standard InChI is InChI=1S/C24H28F2N4O4/c1-4-34-22(32)18-12-20-21(31)30(19-10-7-15(25)11-17(19)26)24(3,13-29(20)28-18)23(33)27-16-8-5-14(2)6-9-16/h7,10-12,14,16H,4-6,8-9,13H2,1-3H3,(H,27,33). The molecule has 2 amide bonds. The third-order valence-corrected chi connectivity index (χ3v) is 6.63. The van der Waals surface area contributed by atoms with E-state index in [1.165, 1.54) is 17.7 Å². The smallest absolute Gasteiger partial charge is 0.358 e. The van der Waals surface area contributed by atoms with Crippen LogP contribution in [0.1, 0.15) is 67.4 Å². The molecular weight excluding hydrogens is 446 g/mol. The van der Waals surface area contributed by atoms with Crippen LogP contribution < -0.4 is 10.2 Å². The molecule has 0 spiro atoms. The molecule has 4 rings (SSSR count). The molecule has 1 aliphatic heterocycles. The zero-order chi connectivity index (χ0) is 24.6. The number of carbonyl (C=O) groups excluding carboxylic acids is 3. The van der Waals surface area contributed by atoms with E-state index in [1.807, 2.05) is 0 Å². The SMILES string of the molecule is CCOC(=O)c1cc2n(n1)CC(C)(C(=O)NC1CCC(C)CC1)N(c1ccc(F)cc1F)C2=O. The van der Waals surface area contributed by atoms with Crippen molar-refractivity contribution in [1.82, 2.24) is 15.1 Å². The number of esters is 1. The minimum Gasteiger partial charge on any atom is -0.461 e. The van der Waals surface area contributed by atoms with Crippen molar-refractivity contribution in [2.24, 2.45) is 5.92 Å². The molecule has 1 aromatic heterocycles. The van der Waals surface area contributed by atoms with Gasteiger partial charge in [0.1, 0.15) is 22.9 Å². The third-order valence-electron chi connectivity index (χ3n) is 6.63. The fraction of sp³-hybridized carbons (Fsp3) is 0.500. The minimum absolute atomic E-state index is 0.00328. The van der Waals surface area contributed by atoms with Gasteiger partial charge in [0.25, 0.3) is 5.91 Å². The van der Waals surface area contributed by atoms with Crippen LogP contribution in [0.15, 0.2) is 24.3 Å².